The zero-order chi connectivity index (χ0) is 11.5. The van der Waals surface area contributed by atoms with Gasteiger partial charge in [-0.25, -0.2) is 4.68 Å². The first-order valence-electron chi connectivity index (χ1n) is 5.37. The molecule has 0 aliphatic rings. The molecule has 0 spiro atoms. The maximum Gasteiger partial charge on any atom is 0.116 e. The highest BCUT2D eigenvalue weighted by Gasteiger charge is 2.14. The second-order valence-corrected chi connectivity index (χ2v) is 3.67. The molecule has 4 heteroatoms. The van der Waals surface area contributed by atoms with Crippen LogP contribution in [0.4, 0.5) is 0 Å². The first kappa shape index (κ1) is 10.8. The van der Waals surface area contributed by atoms with E-state index in [1.54, 1.807) is 0 Å². The summed E-state index contributed by atoms with van der Waals surface area (Å²) in [6.07, 6.45) is 0. The highest BCUT2D eigenvalue weighted by atomic mass is 16.3. The van der Waals surface area contributed by atoms with Crippen LogP contribution in [0.3, 0.4) is 0 Å². The lowest BCUT2D eigenvalue weighted by Crippen LogP contribution is -2.01. The maximum atomic E-state index is 9.26. The Bertz CT molecular complexity index is 469. The molecule has 0 atom stereocenters. The van der Waals surface area contributed by atoms with Gasteiger partial charge in [0.1, 0.15) is 5.69 Å². The number of rotatable bonds is 3. The van der Waals surface area contributed by atoms with Gasteiger partial charge in [-0.2, -0.15) is 0 Å². The molecule has 0 unspecified atom stereocenters. The van der Waals surface area contributed by atoms with Crippen LogP contribution in [0.2, 0.25) is 0 Å². The minimum atomic E-state index is -0.0797. The van der Waals surface area contributed by atoms with E-state index in [0.29, 0.717) is 5.69 Å². The van der Waals surface area contributed by atoms with Gasteiger partial charge in [0.25, 0.3) is 0 Å². The van der Waals surface area contributed by atoms with E-state index in [4.69, 9.17) is 0 Å². The summed E-state index contributed by atoms with van der Waals surface area (Å²) < 4.78 is 1.81. The molecule has 1 aromatic carbocycles. The summed E-state index contributed by atoms with van der Waals surface area (Å²) in [7, 11) is 0. The predicted molar refractivity (Wildman–Crippen MR) is 61.8 cm³/mol. The van der Waals surface area contributed by atoms with E-state index >= 15 is 0 Å². The summed E-state index contributed by atoms with van der Waals surface area (Å²) in [5.74, 6) is 0. The van der Waals surface area contributed by atoms with Crippen molar-refractivity contribution in [3.8, 4) is 11.3 Å². The van der Waals surface area contributed by atoms with Crippen LogP contribution in [-0.4, -0.2) is 20.1 Å². The van der Waals surface area contributed by atoms with Crippen molar-refractivity contribution in [1.29, 1.82) is 0 Å². The number of aliphatic hydroxyl groups excluding tert-OH is 1. The standard InChI is InChI=1S/C12H15N3O/c1-3-15-12(11(8-16)13-14-15)10-7-5-4-6-9(10)2/h4-7,16H,3,8H2,1-2H3. The molecule has 4 nitrogen and oxygen atoms in total. The average Bonchev–Trinajstić information content (AvgIpc) is 2.72. The predicted octanol–water partition coefficient (Wildman–Crippen LogP) is 1.77. The Hall–Kier alpha value is -1.68. The van der Waals surface area contributed by atoms with Gasteiger partial charge in [0, 0.05) is 12.1 Å². The third kappa shape index (κ3) is 1.72. The summed E-state index contributed by atoms with van der Waals surface area (Å²) in [5, 5.41) is 17.3. The molecule has 16 heavy (non-hydrogen) atoms. The lowest BCUT2D eigenvalue weighted by atomic mass is 10.0. The van der Waals surface area contributed by atoms with E-state index < -0.39 is 0 Å². The fraction of sp³-hybridized carbons (Fsp3) is 0.333. The van der Waals surface area contributed by atoms with Gasteiger partial charge in [-0.05, 0) is 19.4 Å². The molecule has 0 aliphatic heterocycles. The Kier molecular flexibility index (Phi) is 3.01. The van der Waals surface area contributed by atoms with Crippen LogP contribution in [0.1, 0.15) is 18.2 Å². The summed E-state index contributed by atoms with van der Waals surface area (Å²) >= 11 is 0. The summed E-state index contributed by atoms with van der Waals surface area (Å²) in [6.45, 7) is 4.72. The van der Waals surface area contributed by atoms with Crippen molar-refractivity contribution in [2.75, 3.05) is 0 Å². The number of aliphatic hydroxyl groups is 1. The van der Waals surface area contributed by atoms with Crippen LogP contribution in [0.5, 0.6) is 0 Å². The van der Waals surface area contributed by atoms with Crippen LogP contribution in [-0.2, 0) is 13.2 Å². The Morgan fingerprint density at radius 3 is 2.69 bits per heavy atom. The van der Waals surface area contributed by atoms with Crippen LogP contribution >= 0.6 is 0 Å². The Balaban J connectivity index is 2.62. The number of aryl methyl sites for hydroxylation is 2. The molecule has 0 aliphatic carbocycles. The molecule has 1 aromatic heterocycles. The molecule has 2 rings (SSSR count). The van der Waals surface area contributed by atoms with Crippen molar-refractivity contribution in [2.24, 2.45) is 0 Å². The van der Waals surface area contributed by atoms with E-state index in [1.165, 1.54) is 0 Å². The second-order valence-electron chi connectivity index (χ2n) is 3.67. The first-order chi connectivity index (χ1) is 7.77. The highest BCUT2D eigenvalue weighted by Crippen LogP contribution is 2.25. The van der Waals surface area contributed by atoms with E-state index in [9.17, 15) is 5.11 Å². The molecular weight excluding hydrogens is 202 g/mol. The monoisotopic (exact) mass is 217 g/mol. The maximum absolute atomic E-state index is 9.26. The molecule has 0 fully saturated rings. The average molecular weight is 217 g/mol. The van der Waals surface area contributed by atoms with Gasteiger partial charge in [0.2, 0.25) is 0 Å². The SMILES string of the molecule is CCn1nnc(CO)c1-c1ccccc1C. The topological polar surface area (TPSA) is 50.9 Å². The number of nitrogens with zero attached hydrogens (tertiary/aromatic N) is 3. The molecule has 84 valence electrons. The zero-order valence-corrected chi connectivity index (χ0v) is 9.51. The van der Waals surface area contributed by atoms with Crippen molar-refractivity contribution in [3.63, 3.8) is 0 Å². The van der Waals surface area contributed by atoms with Gasteiger partial charge >= 0.3 is 0 Å². The normalized spacial score (nSPS) is 10.7. The Labute approximate surface area is 94.5 Å². The number of hydrogen-bond acceptors (Lipinski definition) is 3. The van der Waals surface area contributed by atoms with Gasteiger partial charge in [0.15, 0.2) is 0 Å². The minimum Gasteiger partial charge on any atom is -0.390 e. The molecule has 0 radical (unpaired) electrons. The smallest absolute Gasteiger partial charge is 0.116 e. The van der Waals surface area contributed by atoms with Gasteiger partial charge in [-0.15, -0.1) is 5.10 Å². The molecule has 1 N–H and O–H groups in total. The third-order valence-corrected chi connectivity index (χ3v) is 2.65. The van der Waals surface area contributed by atoms with Crippen molar-refractivity contribution >= 4 is 0 Å². The van der Waals surface area contributed by atoms with Gasteiger partial charge in [0.05, 0.1) is 12.3 Å². The fourth-order valence-electron chi connectivity index (χ4n) is 1.81. The van der Waals surface area contributed by atoms with Crippen LogP contribution in [0, 0.1) is 6.92 Å². The third-order valence-electron chi connectivity index (χ3n) is 2.65. The van der Waals surface area contributed by atoms with E-state index in [-0.39, 0.29) is 6.61 Å². The molecular formula is C12H15N3O. The van der Waals surface area contributed by atoms with E-state index in [0.717, 1.165) is 23.4 Å². The lowest BCUT2D eigenvalue weighted by molar-refractivity contribution is 0.277. The molecule has 1 heterocycles. The highest BCUT2D eigenvalue weighted by molar-refractivity contribution is 5.65. The van der Waals surface area contributed by atoms with E-state index in [1.807, 2.05) is 42.8 Å². The molecule has 2 aromatic rings. The minimum absolute atomic E-state index is 0.0797. The fourth-order valence-corrected chi connectivity index (χ4v) is 1.81. The van der Waals surface area contributed by atoms with Crippen molar-refractivity contribution in [1.82, 2.24) is 15.0 Å². The molecule has 0 bridgehead atoms. The summed E-state index contributed by atoms with van der Waals surface area (Å²) in [4.78, 5) is 0. The second kappa shape index (κ2) is 4.45. The lowest BCUT2D eigenvalue weighted by Gasteiger charge is -2.08. The summed E-state index contributed by atoms with van der Waals surface area (Å²) in [5.41, 5.74) is 3.80. The van der Waals surface area contributed by atoms with Crippen LogP contribution < -0.4 is 0 Å². The van der Waals surface area contributed by atoms with Crippen molar-refractivity contribution in [2.45, 2.75) is 27.0 Å². The van der Waals surface area contributed by atoms with Gasteiger partial charge in [-0.1, -0.05) is 29.5 Å². The summed E-state index contributed by atoms with van der Waals surface area (Å²) in [6, 6.07) is 8.05. The first-order valence-corrected chi connectivity index (χ1v) is 5.37. The van der Waals surface area contributed by atoms with Gasteiger partial charge < -0.3 is 5.11 Å². The van der Waals surface area contributed by atoms with Gasteiger partial charge in [-0.3, -0.25) is 0 Å². The van der Waals surface area contributed by atoms with Crippen LogP contribution in [0.15, 0.2) is 24.3 Å². The Morgan fingerprint density at radius 2 is 2.06 bits per heavy atom. The molecule has 0 amide bonds. The number of hydrogen-bond donors (Lipinski definition) is 1. The van der Waals surface area contributed by atoms with E-state index in [2.05, 4.69) is 10.3 Å². The molecule has 0 saturated carbocycles. The van der Waals surface area contributed by atoms with Crippen molar-refractivity contribution < 1.29 is 5.11 Å². The zero-order valence-electron chi connectivity index (χ0n) is 9.51. The quantitative estimate of drug-likeness (QED) is 0.852. The Morgan fingerprint density at radius 1 is 1.31 bits per heavy atom. The number of benzene rings is 1. The molecule has 0 saturated heterocycles. The van der Waals surface area contributed by atoms with Crippen molar-refractivity contribution in [3.05, 3.63) is 35.5 Å². The number of aromatic nitrogens is 3. The van der Waals surface area contributed by atoms with Crippen LogP contribution in [0.25, 0.3) is 11.3 Å². The largest absolute Gasteiger partial charge is 0.390 e.